The van der Waals surface area contributed by atoms with E-state index < -0.39 is 34.1 Å². The highest BCUT2D eigenvalue weighted by molar-refractivity contribution is 7.92. The van der Waals surface area contributed by atoms with Crippen LogP contribution < -0.4 is 9.62 Å². The van der Waals surface area contributed by atoms with E-state index in [0.717, 1.165) is 16.3 Å². The number of hydrogen-bond donors (Lipinski definition) is 1. The van der Waals surface area contributed by atoms with Crippen LogP contribution >= 0.6 is 11.6 Å². The lowest BCUT2D eigenvalue weighted by atomic mass is 10.1. The Balaban J connectivity index is 2.04. The van der Waals surface area contributed by atoms with E-state index >= 15 is 0 Å². The van der Waals surface area contributed by atoms with E-state index in [9.17, 15) is 18.0 Å². The topological polar surface area (TPSA) is 86.8 Å². The van der Waals surface area contributed by atoms with Gasteiger partial charge in [0.05, 0.1) is 10.6 Å². The molecular formula is C30H36ClN3O4S. The first kappa shape index (κ1) is 30.2. The first-order valence-electron chi connectivity index (χ1n) is 12.8. The Morgan fingerprint density at radius 2 is 1.51 bits per heavy atom. The molecule has 9 heteroatoms. The Bertz CT molecular complexity index is 1390. The number of sulfonamides is 1. The van der Waals surface area contributed by atoms with Crippen molar-refractivity contribution in [1.29, 1.82) is 0 Å². The van der Waals surface area contributed by atoms with E-state index in [1.165, 1.54) is 17.0 Å². The molecule has 1 unspecified atom stereocenters. The van der Waals surface area contributed by atoms with Gasteiger partial charge in [-0.05, 0) is 75.6 Å². The summed E-state index contributed by atoms with van der Waals surface area (Å²) in [6, 6.07) is 21.2. The minimum Gasteiger partial charge on any atom is -0.350 e. The fourth-order valence-corrected chi connectivity index (χ4v) is 5.64. The van der Waals surface area contributed by atoms with Crippen LogP contribution in [-0.4, -0.2) is 43.3 Å². The summed E-state index contributed by atoms with van der Waals surface area (Å²) in [5, 5.41) is 3.36. The quantitative estimate of drug-likeness (QED) is 0.353. The molecule has 0 aliphatic carbocycles. The maximum atomic E-state index is 14.0. The number of benzene rings is 3. The molecule has 0 bridgehead atoms. The van der Waals surface area contributed by atoms with Gasteiger partial charge in [-0.1, -0.05) is 67.1 Å². The van der Waals surface area contributed by atoms with Gasteiger partial charge in [0, 0.05) is 17.1 Å². The minimum atomic E-state index is -4.10. The standard InChI is InChI=1S/C30H36ClN3O4S/c1-6-23-16-18-25(19-17-23)34(39(37,38)26-13-8-7-9-14-26)21-28(35)33(20-24-12-10-11-15-27(24)31)22(2)29(36)32-30(3,4)5/h7-19,22H,6,20-21H2,1-5H3,(H,32,36). The molecule has 0 fully saturated rings. The van der Waals surface area contributed by atoms with Gasteiger partial charge >= 0.3 is 0 Å². The second-order valence-corrected chi connectivity index (χ2v) is 12.6. The highest BCUT2D eigenvalue weighted by Gasteiger charge is 2.33. The van der Waals surface area contributed by atoms with Gasteiger partial charge in [-0.25, -0.2) is 8.42 Å². The number of amides is 2. The predicted octanol–water partition coefficient (Wildman–Crippen LogP) is 5.43. The van der Waals surface area contributed by atoms with Gasteiger partial charge < -0.3 is 10.2 Å². The SMILES string of the molecule is CCc1ccc(N(CC(=O)N(Cc2ccccc2Cl)C(C)C(=O)NC(C)(C)C)S(=O)(=O)c2ccccc2)cc1. The number of nitrogens with zero attached hydrogens (tertiary/aromatic N) is 2. The first-order valence-corrected chi connectivity index (χ1v) is 14.7. The summed E-state index contributed by atoms with van der Waals surface area (Å²) in [7, 11) is -4.10. The van der Waals surface area contributed by atoms with Gasteiger partial charge in [-0.15, -0.1) is 0 Å². The Morgan fingerprint density at radius 3 is 2.08 bits per heavy atom. The van der Waals surface area contributed by atoms with Crippen LogP contribution in [0.25, 0.3) is 0 Å². The number of hydrogen-bond acceptors (Lipinski definition) is 4. The molecule has 0 aromatic heterocycles. The normalized spacial score (nSPS) is 12.5. The molecule has 39 heavy (non-hydrogen) atoms. The summed E-state index contributed by atoms with van der Waals surface area (Å²) in [5.74, 6) is -0.891. The van der Waals surface area contributed by atoms with Crippen molar-refractivity contribution < 1.29 is 18.0 Å². The lowest BCUT2D eigenvalue weighted by Gasteiger charge is -2.33. The summed E-state index contributed by atoms with van der Waals surface area (Å²) >= 11 is 6.40. The Morgan fingerprint density at radius 1 is 0.923 bits per heavy atom. The van der Waals surface area contributed by atoms with Crippen molar-refractivity contribution in [2.45, 2.75) is 64.1 Å². The molecule has 208 valence electrons. The average Bonchev–Trinajstić information content (AvgIpc) is 2.90. The van der Waals surface area contributed by atoms with Crippen molar-refractivity contribution in [3.8, 4) is 0 Å². The van der Waals surface area contributed by atoms with Gasteiger partial charge in [-0.2, -0.15) is 0 Å². The molecule has 3 aromatic rings. The molecule has 1 N–H and O–H groups in total. The molecule has 0 aliphatic heterocycles. The second-order valence-electron chi connectivity index (χ2n) is 10.4. The number of carbonyl (C=O) groups excluding carboxylic acids is 2. The molecule has 0 spiro atoms. The molecule has 0 aliphatic rings. The summed E-state index contributed by atoms with van der Waals surface area (Å²) in [4.78, 5) is 28.5. The van der Waals surface area contributed by atoms with E-state index in [0.29, 0.717) is 16.3 Å². The van der Waals surface area contributed by atoms with Crippen LogP contribution in [0.5, 0.6) is 0 Å². The van der Waals surface area contributed by atoms with E-state index in [-0.39, 0.29) is 17.3 Å². The van der Waals surface area contributed by atoms with Crippen LogP contribution in [0, 0.1) is 0 Å². The highest BCUT2D eigenvalue weighted by Crippen LogP contribution is 2.26. The van der Waals surface area contributed by atoms with E-state index in [1.54, 1.807) is 61.5 Å². The van der Waals surface area contributed by atoms with Crippen LogP contribution in [0.1, 0.15) is 45.7 Å². The summed E-state index contributed by atoms with van der Waals surface area (Å²) in [6.45, 7) is 8.73. The number of anilines is 1. The lowest BCUT2D eigenvalue weighted by molar-refractivity contribution is -0.140. The minimum absolute atomic E-state index is 0.0330. The zero-order valence-electron chi connectivity index (χ0n) is 23.0. The van der Waals surface area contributed by atoms with Crippen molar-refractivity contribution in [3.05, 3.63) is 95.0 Å². The fourth-order valence-electron chi connectivity index (χ4n) is 4.01. The zero-order valence-corrected chi connectivity index (χ0v) is 24.6. The van der Waals surface area contributed by atoms with Crippen LogP contribution in [0.4, 0.5) is 5.69 Å². The van der Waals surface area contributed by atoms with Gasteiger partial charge in [0.25, 0.3) is 10.0 Å². The molecule has 3 aromatic carbocycles. The summed E-state index contributed by atoms with van der Waals surface area (Å²) < 4.78 is 28.7. The molecule has 2 amide bonds. The monoisotopic (exact) mass is 569 g/mol. The van der Waals surface area contributed by atoms with Crippen molar-refractivity contribution in [1.82, 2.24) is 10.2 Å². The van der Waals surface area contributed by atoms with Crippen molar-refractivity contribution in [3.63, 3.8) is 0 Å². The predicted molar refractivity (Wildman–Crippen MR) is 156 cm³/mol. The largest absolute Gasteiger partial charge is 0.350 e. The molecule has 0 saturated carbocycles. The first-order chi connectivity index (χ1) is 18.3. The van der Waals surface area contributed by atoms with Crippen LogP contribution in [0.15, 0.2) is 83.8 Å². The Hall–Kier alpha value is -3.36. The third kappa shape index (κ3) is 7.83. The maximum absolute atomic E-state index is 14.0. The number of halogens is 1. The zero-order chi connectivity index (χ0) is 28.8. The number of carbonyl (C=O) groups is 2. The number of aryl methyl sites for hydroxylation is 1. The van der Waals surface area contributed by atoms with Gasteiger partial charge in [-0.3, -0.25) is 13.9 Å². The van der Waals surface area contributed by atoms with Gasteiger partial charge in [0.1, 0.15) is 12.6 Å². The molecule has 0 saturated heterocycles. The molecule has 3 rings (SSSR count). The Kier molecular flexibility index (Phi) is 9.80. The van der Waals surface area contributed by atoms with Crippen molar-refractivity contribution in [2.24, 2.45) is 0 Å². The summed E-state index contributed by atoms with van der Waals surface area (Å²) in [6.07, 6.45) is 0.788. The van der Waals surface area contributed by atoms with Crippen molar-refractivity contribution in [2.75, 3.05) is 10.8 Å². The maximum Gasteiger partial charge on any atom is 0.264 e. The third-order valence-electron chi connectivity index (χ3n) is 6.21. The van der Waals surface area contributed by atoms with E-state index in [4.69, 9.17) is 11.6 Å². The molecular weight excluding hydrogens is 534 g/mol. The van der Waals surface area contributed by atoms with E-state index in [1.807, 2.05) is 39.8 Å². The lowest BCUT2D eigenvalue weighted by Crippen LogP contribution is -2.54. The van der Waals surface area contributed by atoms with Crippen LogP contribution in [0.2, 0.25) is 5.02 Å². The third-order valence-corrected chi connectivity index (χ3v) is 8.36. The molecule has 0 radical (unpaired) electrons. The molecule has 7 nitrogen and oxygen atoms in total. The smallest absolute Gasteiger partial charge is 0.264 e. The average molecular weight is 570 g/mol. The highest BCUT2D eigenvalue weighted by atomic mass is 35.5. The fraction of sp³-hybridized carbons (Fsp3) is 0.333. The molecule has 0 heterocycles. The number of nitrogens with one attached hydrogen (secondary N) is 1. The number of rotatable bonds is 10. The van der Waals surface area contributed by atoms with Gasteiger partial charge in [0.2, 0.25) is 11.8 Å². The van der Waals surface area contributed by atoms with E-state index in [2.05, 4.69) is 5.32 Å². The van der Waals surface area contributed by atoms with Gasteiger partial charge in [0.15, 0.2) is 0 Å². The summed E-state index contributed by atoms with van der Waals surface area (Å²) in [5.41, 5.74) is 1.52. The van der Waals surface area contributed by atoms with Crippen molar-refractivity contribution >= 4 is 39.1 Å². The van der Waals surface area contributed by atoms with Crippen LogP contribution in [-0.2, 0) is 32.6 Å². The molecule has 1 atom stereocenters. The second kappa shape index (κ2) is 12.7. The van der Waals surface area contributed by atoms with Crippen LogP contribution in [0.3, 0.4) is 0 Å². The Labute approximate surface area is 236 Å².